The largest absolute Gasteiger partial charge is 0.0991 e. The molecule has 0 fully saturated rings. The molecule has 0 nitrogen and oxygen atoms in total. The van der Waals surface area contributed by atoms with E-state index in [9.17, 15) is 0 Å². The van der Waals surface area contributed by atoms with E-state index in [4.69, 9.17) is 0 Å². The van der Waals surface area contributed by atoms with Crippen LogP contribution in [-0.2, 0) is 5.41 Å². The Morgan fingerprint density at radius 1 is 0.446 bits per heavy atom. The fourth-order valence-electron chi connectivity index (χ4n) is 9.01. The average molecular weight is 717 g/mol. The molecule has 0 N–H and O–H groups in total. The minimum absolute atomic E-state index is 0. The molecule has 9 aromatic rings. The van der Waals surface area contributed by atoms with Gasteiger partial charge in [0.2, 0.25) is 0 Å². The third-order valence-corrected chi connectivity index (χ3v) is 11.8. The number of fused-ring (bicyclic) bond motifs is 6. The van der Waals surface area contributed by atoms with E-state index >= 15 is 0 Å². The van der Waals surface area contributed by atoms with Crippen LogP contribution < -0.4 is 0 Å². The number of rotatable bonds is 6. The SMILES string of the molecule is C.C=C/C=C\C1=Cc2ccc(-c3ccc4c(-c5ccc(-c6ccccc6)cc5)c5ccccc5c(-c5cc6ccccc6c6ccccc56)c4c3)cc2C1(C)C. The third kappa shape index (κ3) is 5.61. The van der Waals surface area contributed by atoms with Crippen LogP contribution in [0, 0.1) is 0 Å². The van der Waals surface area contributed by atoms with Gasteiger partial charge >= 0.3 is 0 Å². The van der Waals surface area contributed by atoms with Crippen molar-refractivity contribution < 1.29 is 0 Å². The van der Waals surface area contributed by atoms with E-state index in [1.165, 1.54) is 104 Å². The lowest BCUT2D eigenvalue weighted by Crippen LogP contribution is -2.16. The molecular formula is C56H44. The number of allylic oxidation sites excluding steroid dienone is 4. The molecule has 0 bridgehead atoms. The maximum atomic E-state index is 3.90. The zero-order valence-electron chi connectivity index (χ0n) is 31.2. The van der Waals surface area contributed by atoms with Gasteiger partial charge in [-0.05, 0) is 122 Å². The molecule has 0 aromatic heterocycles. The van der Waals surface area contributed by atoms with E-state index in [2.05, 4.69) is 202 Å². The normalized spacial score (nSPS) is 13.3. The molecule has 0 saturated heterocycles. The fourth-order valence-corrected chi connectivity index (χ4v) is 9.01. The second-order valence-electron chi connectivity index (χ2n) is 15.3. The van der Waals surface area contributed by atoms with Crippen LogP contribution >= 0.6 is 0 Å². The fraction of sp³-hybridized carbons (Fsp3) is 0.0714. The van der Waals surface area contributed by atoms with E-state index in [0.717, 1.165) is 0 Å². The highest BCUT2D eigenvalue weighted by Gasteiger charge is 2.31. The van der Waals surface area contributed by atoms with Crippen LogP contribution in [0.2, 0.25) is 0 Å². The van der Waals surface area contributed by atoms with E-state index in [0.29, 0.717) is 0 Å². The lowest BCUT2D eigenvalue weighted by molar-refractivity contribution is 0.655. The van der Waals surface area contributed by atoms with Crippen molar-refractivity contribution in [3.63, 3.8) is 0 Å². The van der Waals surface area contributed by atoms with Crippen molar-refractivity contribution in [1.29, 1.82) is 0 Å². The van der Waals surface area contributed by atoms with Gasteiger partial charge in [-0.3, -0.25) is 0 Å². The van der Waals surface area contributed by atoms with E-state index in [-0.39, 0.29) is 12.8 Å². The summed E-state index contributed by atoms with van der Waals surface area (Å²) >= 11 is 0. The Bertz CT molecular complexity index is 3040. The summed E-state index contributed by atoms with van der Waals surface area (Å²) in [4.78, 5) is 0. The van der Waals surface area contributed by atoms with Crippen LogP contribution in [-0.4, -0.2) is 0 Å². The molecule has 0 radical (unpaired) electrons. The summed E-state index contributed by atoms with van der Waals surface area (Å²) in [6.45, 7) is 8.56. The van der Waals surface area contributed by atoms with Gasteiger partial charge in [0.1, 0.15) is 0 Å². The summed E-state index contributed by atoms with van der Waals surface area (Å²) < 4.78 is 0. The number of hydrogen-bond acceptors (Lipinski definition) is 0. The smallest absolute Gasteiger partial charge is 0.0152 e. The Kier molecular flexibility index (Phi) is 8.63. The Morgan fingerprint density at radius 2 is 1.00 bits per heavy atom. The van der Waals surface area contributed by atoms with Gasteiger partial charge in [0.15, 0.2) is 0 Å². The van der Waals surface area contributed by atoms with Crippen molar-refractivity contribution in [2.24, 2.45) is 0 Å². The molecule has 9 aromatic carbocycles. The van der Waals surface area contributed by atoms with Gasteiger partial charge in [0.05, 0.1) is 0 Å². The summed E-state index contributed by atoms with van der Waals surface area (Å²) in [5.74, 6) is 0. The summed E-state index contributed by atoms with van der Waals surface area (Å²) in [6.07, 6.45) is 8.41. The molecular weight excluding hydrogens is 673 g/mol. The molecule has 0 heteroatoms. The molecule has 0 heterocycles. The first-order valence-electron chi connectivity index (χ1n) is 19.2. The minimum Gasteiger partial charge on any atom is -0.0991 e. The van der Waals surface area contributed by atoms with Crippen LogP contribution in [0.3, 0.4) is 0 Å². The third-order valence-electron chi connectivity index (χ3n) is 11.8. The van der Waals surface area contributed by atoms with Crippen LogP contribution in [0.4, 0.5) is 0 Å². The quantitative estimate of drug-likeness (QED) is 0.0913. The van der Waals surface area contributed by atoms with E-state index in [1.807, 2.05) is 12.2 Å². The highest BCUT2D eigenvalue weighted by molar-refractivity contribution is 6.26. The van der Waals surface area contributed by atoms with Crippen molar-refractivity contribution in [3.05, 3.63) is 211 Å². The zero-order valence-corrected chi connectivity index (χ0v) is 31.2. The maximum absolute atomic E-state index is 3.90. The summed E-state index contributed by atoms with van der Waals surface area (Å²) in [5.41, 5.74) is 13.7. The van der Waals surface area contributed by atoms with Crippen LogP contribution in [0.25, 0.3) is 93.7 Å². The van der Waals surface area contributed by atoms with E-state index in [1.54, 1.807) is 0 Å². The van der Waals surface area contributed by atoms with Gasteiger partial charge in [0, 0.05) is 5.41 Å². The standard InChI is InChI=1S/C55H40.CH4/c1-4-5-18-43-32-42-29-28-40(35-52(42)55(43,2)3)39-30-31-49-51(33-39)54(50-34-41-17-9-10-19-44(41)45-20-11-12-21-46(45)50)48-23-14-13-22-47(48)53(49)38-26-24-37(25-27-38)36-15-7-6-8-16-36;/h4-35H,1H2,2-3H3;1H4/b18-5-;. The molecule has 0 saturated carbocycles. The monoisotopic (exact) mass is 716 g/mol. The van der Waals surface area contributed by atoms with Gasteiger partial charge in [-0.15, -0.1) is 0 Å². The van der Waals surface area contributed by atoms with E-state index < -0.39 is 0 Å². The van der Waals surface area contributed by atoms with Gasteiger partial charge in [-0.2, -0.15) is 0 Å². The minimum atomic E-state index is -0.105. The molecule has 0 spiro atoms. The van der Waals surface area contributed by atoms with Crippen molar-refractivity contribution in [1.82, 2.24) is 0 Å². The predicted molar refractivity (Wildman–Crippen MR) is 245 cm³/mol. The van der Waals surface area contributed by atoms with Crippen LogP contribution in [0.1, 0.15) is 32.4 Å². The first-order chi connectivity index (χ1) is 27.0. The molecule has 0 unspecified atom stereocenters. The second kappa shape index (κ2) is 13.8. The Hall–Kier alpha value is -6.76. The van der Waals surface area contributed by atoms with Crippen LogP contribution in [0.5, 0.6) is 0 Å². The lowest BCUT2D eigenvalue weighted by atomic mass is 9.80. The van der Waals surface area contributed by atoms with Crippen LogP contribution in [0.15, 0.2) is 200 Å². The zero-order chi connectivity index (χ0) is 37.1. The van der Waals surface area contributed by atoms with Crippen molar-refractivity contribution in [2.75, 3.05) is 0 Å². The summed E-state index contributed by atoms with van der Waals surface area (Å²) in [6, 6.07) is 63.1. The predicted octanol–water partition coefficient (Wildman–Crippen LogP) is 16.0. The van der Waals surface area contributed by atoms with Gasteiger partial charge < -0.3 is 0 Å². The number of benzene rings is 9. The first-order valence-corrected chi connectivity index (χ1v) is 19.2. The molecule has 1 aliphatic carbocycles. The molecule has 268 valence electrons. The summed E-state index contributed by atoms with van der Waals surface area (Å²) in [7, 11) is 0. The van der Waals surface area contributed by atoms with Gasteiger partial charge in [-0.1, -0.05) is 204 Å². The first kappa shape index (κ1) is 35.0. The molecule has 10 rings (SSSR count). The summed E-state index contributed by atoms with van der Waals surface area (Å²) in [5, 5.41) is 10.1. The molecule has 0 amide bonds. The second-order valence-corrected chi connectivity index (χ2v) is 15.3. The lowest BCUT2D eigenvalue weighted by Gasteiger charge is -2.24. The molecule has 0 aliphatic heterocycles. The highest BCUT2D eigenvalue weighted by Crippen LogP contribution is 2.49. The number of hydrogen-bond donors (Lipinski definition) is 0. The van der Waals surface area contributed by atoms with Crippen molar-refractivity contribution in [3.8, 4) is 44.5 Å². The molecule has 0 atom stereocenters. The average Bonchev–Trinajstić information content (AvgIpc) is 3.50. The molecule has 56 heavy (non-hydrogen) atoms. The Morgan fingerprint density at radius 3 is 1.75 bits per heavy atom. The van der Waals surface area contributed by atoms with Gasteiger partial charge in [0.25, 0.3) is 0 Å². The van der Waals surface area contributed by atoms with Gasteiger partial charge in [-0.25, -0.2) is 0 Å². The Labute approximate surface area is 330 Å². The molecule has 1 aliphatic rings. The Balaban J connectivity index is 0.00000410. The van der Waals surface area contributed by atoms with Crippen molar-refractivity contribution in [2.45, 2.75) is 26.7 Å². The van der Waals surface area contributed by atoms with Crippen molar-refractivity contribution >= 4 is 49.2 Å². The highest BCUT2D eigenvalue weighted by atomic mass is 14.3. The maximum Gasteiger partial charge on any atom is 0.0152 e. The topological polar surface area (TPSA) is 0 Å².